The molecule has 2 rings (SSSR count). The van der Waals surface area contributed by atoms with Crippen molar-refractivity contribution in [1.82, 2.24) is 10.2 Å². The summed E-state index contributed by atoms with van der Waals surface area (Å²) in [6.07, 6.45) is 1.84. The van der Waals surface area contributed by atoms with Crippen molar-refractivity contribution in [2.75, 3.05) is 20.1 Å². The summed E-state index contributed by atoms with van der Waals surface area (Å²) in [5, 5.41) is 3.30. The minimum Gasteiger partial charge on any atom is -0.366 e. The highest BCUT2D eigenvalue weighted by atomic mass is 16.2. The molecule has 0 bridgehead atoms. The van der Waals surface area contributed by atoms with E-state index in [0.717, 1.165) is 25.9 Å². The highest BCUT2D eigenvalue weighted by Gasteiger charge is 2.30. The van der Waals surface area contributed by atoms with Crippen molar-refractivity contribution >= 4 is 11.8 Å². The molecule has 1 fully saturated rings. The van der Waals surface area contributed by atoms with Gasteiger partial charge in [0.25, 0.3) is 5.91 Å². The zero-order chi connectivity index (χ0) is 14.8. The summed E-state index contributed by atoms with van der Waals surface area (Å²) in [6, 6.07) is 6.60. The molecular formula is C15H21N3O2. The van der Waals surface area contributed by atoms with Crippen LogP contribution >= 0.6 is 0 Å². The van der Waals surface area contributed by atoms with Crippen LogP contribution in [0.15, 0.2) is 24.3 Å². The molecule has 5 nitrogen and oxygen atoms in total. The van der Waals surface area contributed by atoms with Crippen LogP contribution in [0.4, 0.5) is 0 Å². The van der Waals surface area contributed by atoms with Gasteiger partial charge in [0, 0.05) is 29.8 Å². The fourth-order valence-electron chi connectivity index (χ4n) is 2.44. The number of carbonyl (C=O) groups is 2. The van der Waals surface area contributed by atoms with E-state index in [1.807, 2.05) is 11.9 Å². The van der Waals surface area contributed by atoms with E-state index >= 15 is 0 Å². The number of nitrogens with one attached hydrogen (secondary N) is 1. The number of carbonyl (C=O) groups excluding carboxylic acids is 2. The van der Waals surface area contributed by atoms with Gasteiger partial charge >= 0.3 is 0 Å². The number of amides is 2. The van der Waals surface area contributed by atoms with Crippen molar-refractivity contribution in [2.45, 2.75) is 25.3 Å². The van der Waals surface area contributed by atoms with Crippen LogP contribution in [0, 0.1) is 0 Å². The molecule has 108 valence electrons. The van der Waals surface area contributed by atoms with E-state index < -0.39 is 5.91 Å². The smallest absolute Gasteiger partial charge is 0.253 e. The quantitative estimate of drug-likeness (QED) is 0.864. The number of nitrogens with two attached hydrogens (primary N) is 1. The number of likely N-dealkylation sites (tertiary alicyclic amines) is 1. The maximum atomic E-state index is 12.4. The Balaban J connectivity index is 2.09. The summed E-state index contributed by atoms with van der Waals surface area (Å²) in [4.78, 5) is 25.4. The first-order valence-corrected chi connectivity index (χ1v) is 6.83. The molecule has 5 heteroatoms. The Hall–Kier alpha value is -1.88. The van der Waals surface area contributed by atoms with Gasteiger partial charge < -0.3 is 16.0 Å². The van der Waals surface area contributed by atoms with E-state index in [2.05, 4.69) is 12.2 Å². The summed E-state index contributed by atoms with van der Waals surface area (Å²) in [5.41, 5.74) is 6.24. The Kier molecular flexibility index (Phi) is 4.09. The molecule has 1 saturated heterocycles. The van der Waals surface area contributed by atoms with Crippen LogP contribution in [0.1, 0.15) is 40.5 Å². The predicted octanol–water partition coefficient (Wildman–Crippen LogP) is 1.000. The molecule has 20 heavy (non-hydrogen) atoms. The number of rotatable bonds is 3. The van der Waals surface area contributed by atoms with Gasteiger partial charge in [0.05, 0.1) is 0 Å². The molecule has 0 radical (unpaired) electrons. The lowest BCUT2D eigenvalue weighted by molar-refractivity contribution is 0.0662. The first kappa shape index (κ1) is 14.5. The highest BCUT2D eigenvalue weighted by Crippen LogP contribution is 2.22. The number of nitrogens with zero attached hydrogens (tertiary/aromatic N) is 1. The van der Waals surface area contributed by atoms with Gasteiger partial charge in [0.1, 0.15) is 0 Å². The second kappa shape index (κ2) is 5.63. The van der Waals surface area contributed by atoms with E-state index in [1.165, 1.54) is 0 Å². The molecule has 1 heterocycles. The van der Waals surface area contributed by atoms with Gasteiger partial charge in [0.15, 0.2) is 0 Å². The molecule has 0 aromatic heterocycles. The van der Waals surface area contributed by atoms with Crippen LogP contribution in [0.2, 0.25) is 0 Å². The van der Waals surface area contributed by atoms with Crippen molar-refractivity contribution < 1.29 is 9.59 Å². The van der Waals surface area contributed by atoms with Crippen LogP contribution in [-0.2, 0) is 0 Å². The van der Waals surface area contributed by atoms with Crippen molar-refractivity contribution in [3.8, 4) is 0 Å². The minimum absolute atomic E-state index is 0.0359. The molecule has 3 N–H and O–H groups in total. The molecule has 0 aliphatic carbocycles. The maximum absolute atomic E-state index is 12.4. The first-order valence-electron chi connectivity index (χ1n) is 6.83. The molecule has 1 aromatic rings. The molecular weight excluding hydrogens is 254 g/mol. The second-order valence-corrected chi connectivity index (χ2v) is 5.55. The predicted molar refractivity (Wildman–Crippen MR) is 77.6 cm³/mol. The molecule has 0 unspecified atom stereocenters. The fraction of sp³-hybridized carbons (Fsp3) is 0.467. The average Bonchev–Trinajstić information content (AvgIpc) is 2.47. The largest absolute Gasteiger partial charge is 0.366 e. The monoisotopic (exact) mass is 275 g/mol. The summed E-state index contributed by atoms with van der Waals surface area (Å²) < 4.78 is 0. The third-order valence-corrected chi connectivity index (χ3v) is 4.15. The molecule has 1 aliphatic rings. The number of primary amides is 1. The number of piperidine rings is 1. The van der Waals surface area contributed by atoms with Gasteiger partial charge in [-0.05, 0) is 45.0 Å². The third kappa shape index (κ3) is 2.99. The van der Waals surface area contributed by atoms with Gasteiger partial charge in [0.2, 0.25) is 5.91 Å². The van der Waals surface area contributed by atoms with Crippen LogP contribution in [0.25, 0.3) is 0 Å². The minimum atomic E-state index is -0.513. The Labute approximate surface area is 119 Å². The van der Waals surface area contributed by atoms with E-state index in [0.29, 0.717) is 11.1 Å². The standard InChI is InChI=1S/C15H21N3O2/c1-15(17-2)6-8-18(9-7-15)14(20)12-5-3-4-11(10-12)13(16)19/h3-5,10,17H,6-9H2,1-2H3,(H2,16,19). The SMILES string of the molecule is CNC1(C)CCN(C(=O)c2cccc(C(N)=O)c2)CC1. The van der Waals surface area contributed by atoms with Crippen LogP contribution in [0.5, 0.6) is 0 Å². The van der Waals surface area contributed by atoms with Crippen LogP contribution in [-0.4, -0.2) is 42.4 Å². The second-order valence-electron chi connectivity index (χ2n) is 5.55. The Morgan fingerprint density at radius 1 is 1.25 bits per heavy atom. The van der Waals surface area contributed by atoms with Crippen molar-refractivity contribution in [3.63, 3.8) is 0 Å². The normalized spacial score (nSPS) is 17.8. The summed E-state index contributed by atoms with van der Waals surface area (Å²) in [6.45, 7) is 3.61. The fourth-order valence-corrected chi connectivity index (χ4v) is 2.44. The first-order chi connectivity index (χ1) is 9.45. The lowest BCUT2D eigenvalue weighted by Gasteiger charge is -2.39. The number of benzene rings is 1. The highest BCUT2D eigenvalue weighted by molar-refractivity contribution is 5.99. The third-order valence-electron chi connectivity index (χ3n) is 4.15. The average molecular weight is 275 g/mol. The van der Waals surface area contributed by atoms with E-state index in [-0.39, 0.29) is 11.4 Å². The van der Waals surface area contributed by atoms with Crippen LogP contribution < -0.4 is 11.1 Å². The maximum Gasteiger partial charge on any atom is 0.253 e. The zero-order valence-corrected chi connectivity index (χ0v) is 12.0. The van der Waals surface area contributed by atoms with Gasteiger partial charge in [-0.3, -0.25) is 9.59 Å². The van der Waals surface area contributed by atoms with Crippen molar-refractivity contribution in [2.24, 2.45) is 5.73 Å². The Morgan fingerprint density at radius 2 is 1.85 bits per heavy atom. The molecule has 0 atom stereocenters. The summed E-state index contributed by atoms with van der Waals surface area (Å²) in [5.74, 6) is -0.549. The Bertz CT molecular complexity index is 520. The zero-order valence-electron chi connectivity index (χ0n) is 12.0. The van der Waals surface area contributed by atoms with Crippen LogP contribution in [0.3, 0.4) is 0 Å². The number of hydrogen-bond acceptors (Lipinski definition) is 3. The lowest BCUT2D eigenvalue weighted by atomic mass is 9.89. The van der Waals surface area contributed by atoms with Gasteiger partial charge in [-0.15, -0.1) is 0 Å². The summed E-state index contributed by atoms with van der Waals surface area (Å²) >= 11 is 0. The van der Waals surface area contributed by atoms with Crippen molar-refractivity contribution in [3.05, 3.63) is 35.4 Å². The molecule has 0 saturated carbocycles. The van der Waals surface area contributed by atoms with Crippen molar-refractivity contribution in [1.29, 1.82) is 0 Å². The van der Waals surface area contributed by atoms with E-state index in [1.54, 1.807) is 24.3 Å². The number of hydrogen-bond donors (Lipinski definition) is 2. The van der Waals surface area contributed by atoms with Gasteiger partial charge in [-0.2, -0.15) is 0 Å². The van der Waals surface area contributed by atoms with E-state index in [9.17, 15) is 9.59 Å². The van der Waals surface area contributed by atoms with Gasteiger partial charge in [-0.25, -0.2) is 0 Å². The molecule has 0 spiro atoms. The Morgan fingerprint density at radius 3 is 2.40 bits per heavy atom. The van der Waals surface area contributed by atoms with Gasteiger partial charge in [-0.1, -0.05) is 6.07 Å². The molecule has 1 aliphatic heterocycles. The topological polar surface area (TPSA) is 75.4 Å². The molecule has 2 amide bonds. The molecule has 1 aromatic carbocycles. The summed E-state index contributed by atoms with van der Waals surface area (Å²) in [7, 11) is 1.95. The lowest BCUT2D eigenvalue weighted by Crippen LogP contribution is -2.51. The van der Waals surface area contributed by atoms with E-state index in [4.69, 9.17) is 5.73 Å².